The van der Waals surface area contributed by atoms with E-state index >= 15 is 0 Å². The second kappa shape index (κ2) is 45.8. The molecule has 0 rings (SSSR count). The van der Waals surface area contributed by atoms with Crippen molar-refractivity contribution in [2.24, 2.45) is 0 Å². The van der Waals surface area contributed by atoms with Gasteiger partial charge in [-0.05, 0) is 109 Å². The minimum absolute atomic E-state index is 0.333. The molecule has 0 fully saturated rings. The maximum Gasteiger partial charge on any atom is 0.0443 e. The molecule has 0 unspecified atom stereocenters. The fourth-order valence-corrected chi connectivity index (χ4v) is 8.10. The van der Waals surface area contributed by atoms with Crippen LogP contribution in [0.25, 0.3) is 0 Å². The predicted molar refractivity (Wildman–Crippen MR) is 242 cm³/mol. The number of rotatable bonds is 45. The number of aliphatic hydroxyl groups is 1. The van der Waals surface area contributed by atoms with Gasteiger partial charge >= 0.3 is 0 Å². The Morgan fingerprint density at radius 2 is 0.585 bits per heavy atom. The van der Waals surface area contributed by atoms with Gasteiger partial charge in [0, 0.05) is 13.2 Å². The third-order valence-corrected chi connectivity index (χ3v) is 11.8. The number of nitrogens with zero attached hydrogens (tertiary/aromatic N) is 1. The van der Waals surface area contributed by atoms with Crippen LogP contribution >= 0.6 is 0 Å². The molecule has 0 saturated carbocycles. The zero-order chi connectivity index (χ0) is 38.6. The van der Waals surface area contributed by atoms with Crippen LogP contribution in [0, 0.1) is 0 Å². The standard InChI is InChI=1S/C51H101NO/c1-5-9-13-15-25-33-42-50(40-31-11-7-3)44-35-27-21-17-19-23-29-37-46-52(48-39-49-53)47-38-30-24-20-18-22-28-36-45-51(41-32-12-8-4)43-34-26-16-14-10-6-2/h44-45,53H,5-43,46-49H2,1-4H3/b50-44+,51-45+. The van der Waals surface area contributed by atoms with E-state index in [0.717, 1.165) is 13.0 Å². The van der Waals surface area contributed by atoms with Crippen LogP contribution in [0.5, 0.6) is 0 Å². The van der Waals surface area contributed by atoms with Gasteiger partial charge in [0.25, 0.3) is 0 Å². The molecule has 0 aliphatic rings. The zero-order valence-corrected chi connectivity index (χ0v) is 37.5. The van der Waals surface area contributed by atoms with Crippen LogP contribution in [0.4, 0.5) is 0 Å². The number of hydrogen-bond donors (Lipinski definition) is 1. The monoisotopic (exact) mass is 744 g/mol. The van der Waals surface area contributed by atoms with E-state index in [2.05, 4.69) is 44.7 Å². The molecule has 0 aliphatic carbocycles. The first-order valence-electron chi connectivity index (χ1n) is 24.9. The van der Waals surface area contributed by atoms with Gasteiger partial charge in [-0.15, -0.1) is 0 Å². The van der Waals surface area contributed by atoms with E-state index < -0.39 is 0 Å². The van der Waals surface area contributed by atoms with E-state index in [1.165, 1.54) is 257 Å². The Labute approximate surface area is 336 Å². The summed E-state index contributed by atoms with van der Waals surface area (Å²) in [7, 11) is 0. The first-order chi connectivity index (χ1) is 26.2. The van der Waals surface area contributed by atoms with Crippen LogP contribution in [0.2, 0.25) is 0 Å². The Balaban J connectivity index is 4.02. The zero-order valence-electron chi connectivity index (χ0n) is 37.5. The molecule has 316 valence electrons. The van der Waals surface area contributed by atoms with Gasteiger partial charge in [-0.3, -0.25) is 0 Å². The maximum atomic E-state index is 9.45. The van der Waals surface area contributed by atoms with Crippen LogP contribution in [-0.4, -0.2) is 36.2 Å². The van der Waals surface area contributed by atoms with Crippen LogP contribution in [0.1, 0.15) is 278 Å². The van der Waals surface area contributed by atoms with Crippen molar-refractivity contribution in [1.82, 2.24) is 4.90 Å². The third-order valence-electron chi connectivity index (χ3n) is 11.8. The van der Waals surface area contributed by atoms with Gasteiger partial charge in [-0.25, -0.2) is 0 Å². The normalized spacial score (nSPS) is 12.5. The van der Waals surface area contributed by atoms with Crippen molar-refractivity contribution in [2.45, 2.75) is 278 Å². The molecule has 0 bridgehead atoms. The lowest BCUT2D eigenvalue weighted by molar-refractivity contribution is 0.217. The molecule has 0 aliphatic heterocycles. The minimum atomic E-state index is 0.333. The van der Waals surface area contributed by atoms with Gasteiger partial charge in [-0.2, -0.15) is 0 Å². The highest BCUT2D eigenvalue weighted by atomic mass is 16.3. The van der Waals surface area contributed by atoms with Crippen molar-refractivity contribution in [3.05, 3.63) is 23.3 Å². The Bertz CT molecular complexity index is 683. The van der Waals surface area contributed by atoms with Crippen LogP contribution in [0.15, 0.2) is 23.3 Å². The molecule has 0 aromatic rings. The topological polar surface area (TPSA) is 23.5 Å². The molecular formula is C51H101NO. The predicted octanol–water partition coefficient (Wildman–Crippen LogP) is 17.4. The molecule has 0 spiro atoms. The molecule has 0 radical (unpaired) electrons. The fourth-order valence-electron chi connectivity index (χ4n) is 8.10. The average Bonchev–Trinajstić information content (AvgIpc) is 3.17. The molecule has 2 heteroatoms. The van der Waals surface area contributed by atoms with Crippen molar-refractivity contribution in [3.8, 4) is 0 Å². The minimum Gasteiger partial charge on any atom is -0.396 e. The molecule has 53 heavy (non-hydrogen) atoms. The van der Waals surface area contributed by atoms with E-state index in [1.807, 2.05) is 0 Å². The molecule has 1 N–H and O–H groups in total. The highest BCUT2D eigenvalue weighted by Gasteiger charge is 2.05. The molecule has 0 heterocycles. The smallest absolute Gasteiger partial charge is 0.0443 e. The lowest BCUT2D eigenvalue weighted by Gasteiger charge is -2.22. The van der Waals surface area contributed by atoms with Crippen molar-refractivity contribution in [3.63, 3.8) is 0 Å². The van der Waals surface area contributed by atoms with Gasteiger partial charge < -0.3 is 10.0 Å². The van der Waals surface area contributed by atoms with Gasteiger partial charge in [0.2, 0.25) is 0 Å². The first kappa shape index (κ1) is 52.4. The lowest BCUT2D eigenvalue weighted by atomic mass is 9.98. The molecule has 0 aromatic heterocycles. The number of aliphatic hydroxyl groups excluding tert-OH is 1. The van der Waals surface area contributed by atoms with Crippen molar-refractivity contribution < 1.29 is 5.11 Å². The Morgan fingerprint density at radius 1 is 0.321 bits per heavy atom. The van der Waals surface area contributed by atoms with E-state index in [1.54, 1.807) is 11.1 Å². The second-order valence-electron chi connectivity index (χ2n) is 17.1. The molecule has 2 nitrogen and oxygen atoms in total. The van der Waals surface area contributed by atoms with Crippen molar-refractivity contribution in [2.75, 3.05) is 26.2 Å². The summed E-state index contributed by atoms with van der Waals surface area (Å²) in [4.78, 5) is 2.65. The largest absolute Gasteiger partial charge is 0.396 e. The summed E-state index contributed by atoms with van der Waals surface area (Å²) in [5.74, 6) is 0. The van der Waals surface area contributed by atoms with Gasteiger partial charge in [0.05, 0.1) is 0 Å². The number of allylic oxidation sites excluding steroid dienone is 4. The molecule has 0 saturated heterocycles. The van der Waals surface area contributed by atoms with Gasteiger partial charge in [-0.1, -0.05) is 205 Å². The first-order valence-corrected chi connectivity index (χ1v) is 24.9. The van der Waals surface area contributed by atoms with Crippen LogP contribution in [0.3, 0.4) is 0 Å². The van der Waals surface area contributed by atoms with Gasteiger partial charge in [0.15, 0.2) is 0 Å². The maximum absolute atomic E-state index is 9.45. The second-order valence-corrected chi connectivity index (χ2v) is 17.1. The average molecular weight is 744 g/mol. The fraction of sp³-hybridized carbons (Fsp3) is 0.922. The number of hydrogen-bond acceptors (Lipinski definition) is 2. The van der Waals surface area contributed by atoms with E-state index in [0.29, 0.717) is 6.61 Å². The summed E-state index contributed by atoms with van der Waals surface area (Å²) in [6.45, 7) is 13.2. The van der Waals surface area contributed by atoms with Crippen LogP contribution in [-0.2, 0) is 0 Å². The third kappa shape index (κ3) is 40.9. The van der Waals surface area contributed by atoms with Gasteiger partial charge in [0.1, 0.15) is 0 Å². The van der Waals surface area contributed by atoms with Crippen LogP contribution < -0.4 is 0 Å². The molecule has 0 amide bonds. The Kier molecular flexibility index (Phi) is 45.3. The summed E-state index contributed by atoms with van der Waals surface area (Å²) >= 11 is 0. The molecule has 0 aromatic carbocycles. The Morgan fingerprint density at radius 3 is 0.943 bits per heavy atom. The highest BCUT2D eigenvalue weighted by Crippen LogP contribution is 2.21. The summed E-state index contributed by atoms with van der Waals surface area (Å²) in [5, 5.41) is 9.45. The highest BCUT2D eigenvalue weighted by molar-refractivity contribution is 5.02. The van der Waals surface area contributed by atoms with E-state index in [4.69, 9.17) is 0 Å². The molecular weight excluding hydrogens is 643 g/mol. The Hall–Kier alpha value is -0.600. The van der Waals surface area contributed by atoms with E-state index in [-0.39, 0.29) is 0 Å². The lowest BCUT2D eigenvalue weighted by Crippen LogP contribution is -2.27. The van der Waals surface area contributed by atoms with Crippen molar-refractivity contribution in [1.29, 1.82) is 0 Å². The van der Waals surface area contributed by atoms with Crippen molar-refractivity contribution >= 4 is 0 Å². The summed E-state index contributed by atoms with van der Waals surface area (Å²) in [6.07, 6.45) is 59.0. The van der Waals surface area contributed by atoms with E-state index in [9.17, 15) is 5.11 Å². The SMILES string of the molecule is CCCCCCCC/C(=C/CCCCCCCCCN(CCCO)CCCCCCCCC/C=C(\CCCCC)CCCCCCCC)CCCCC. The molecule has 0 atom stereocenters. The quantitative estimate of drug-likeness (QED) is 0.0496. The summed E-state index contributed by atoms with van der Waals surface area (Å²) < 4.78 is 0. The number of unbranched alkanes of at least 4 members (excludes halogenated alkanes) is 28. The summed E-state index contributed by atoms with van der Waals surface area (Å²) in [5.41, 5.74) is 3.55. The summed E-state index contributed by atoms with van der Waals surface area (Å²) in [6, 6.07) is 0.